The highest BCUT2D eigenvalue weighted by Crippen LogP contribution is 2.40. The highest BCUT2D eigenvalue weighted by molar-refractivity contribution is 6.12. The number of benzene rings is 10. The first kappa shape index (κ1) is 36.0. The summed E-state index contributed by atoms with van der Waals surface area (Å²) >= 11 is 0. The van der Waals surface area contributed by atoms with E-state index in [1.807, 2.05) is 0 Å². The van der Waals surface area contributed by atoms with Gasteiger partial charge in [0.15, 0.2) is 17.5 Å². The van der Waals surface area contributed by atoms with Gasteiger partial charge in [-0.2, -0.15) is 0 Å². The Morgan fingerprint density at radius 2 is 0.688 bits per heavy atom. The first-order valence-corrected chi connectivity index (χ1v) is 21.6. The summed E-state index contributed by atoms with van der Waals surface area (Å²) in [5.74, 6) is 1.81. The molecule has 0 N–H and O–H groups in total. The maximum atomic E-state index is 6.81. The number of nitrogens with zero attached hydrogens (tertiary/aromatic N) is 4. The van der Waals surface area contributed by atoms with E-state index in [9.17, 15) is 0 Å². The van der Waals surface area contributed by atoms with E-state index < -0.39 is 0 Å². The Morgan fingerprint density at radius 1 is 0.281 bits per heavy atom. The predicted molar refractivity (Wildman–Crippen MR) is 264 cm³/mol. The van der Waals surface area contributed by atoms with Crippen molar-refractivity contribution < 1.29 is 4.42 Å². The molecule has 0 saturated heterocycles. The molecule has 298 valence electrons. The fourth-order valence-corrected chi connectivity index (χ4v) is 9.38. The lowest BCUT2D eigenvalue weighted by atomic mass is 10.0. The molecule has 5 heteroatoms. The van der Waals surface area contributed by atoms with Gasteiger partial charge < -0.3 is 8.98 Å². The molecule has 0 aliphatic carbocycles. The molecule has 3 aromatic heterocycles. The second-order valence-electron chi connectivity index (χ2n) is 16.5. The molecule has 0 radical (unpaired) electrons. The molecule has 13 aromatic rings. The molecule has 0 fully saturated rings. The minimum Gasteiger partial charge on any atom is -0.456 e. The summed E-state index contributed by atoms with van der Waals surface area (Å²) < 4.78 is 9.19. The fraction of sp³-hybridized carbons (Fsp3) is 0. The van der Waals surface area contributed by atoms with Crippen LogP contribution in [0.4, 0.5) is 0 Å². The second-order valence-corrected chi connectivity index (χ2v) is 16.5. The molecule has 0 unspecified atom stereocenters. The number of aromatic nitrogens is 4. The van der Waals surface area contributed by atoms with Crippen LogP contribution >= 0.6 is 0 Å². The van der Waals surface area contributed by atoms with Crippen molar-refractivity contribution in [1.82, 2.24) is 19.5 Å². The normalized spacial score (nSPS) is 11.8. The van der Waals surface area contributed by atoms with Crippen LogP contribution in [0.15, 0.2) is 223 Å². The van der Waals surface area contributed by atoms with Crippen molar-refractivity contribution in [2.45, 2.75) is 0 Å². The average molecular weight is 817 g/mol. The minimum atomic E-state index is 0.582. The van der Waals surface area contributed by atoms with E-state index >= 15 is 0 Å². The molecule has 0 aliphatic rings. The monoisotopic (exact) mass is 816 g/mol. The van der Waals surface area contributed by atoms with Crippen molar-refractivity contribution in [2.24, 2.45) is 0 Å². The third-order valence-corrected chi connectivity index (χ3v) is 12.6. The Morgan fingerprint density at radius 3 is 1.22 bits per heavy atom. The molecule has 0 saturated carbocycles. The number of hydrogen-bond acceptors (Lipinski definition) is 4. The lowest BCUT2D eigenvalue weighted by molar-refractivity contribution is 0.668. The van der Waals surface area contributed by atoms with Crippen molar-refractivity contribution in [2.75, 3.05) is 0 Å². The zero-order chi connectivity index (χ0) is 42.1. The Labute approximate surface area is 368 Å². The zero-order valence-electron chi connectivity index (χ0n) is 34.5. The van der Waals surface area contributed by atoms with Crippen molar-refractivity contribution in [3.63, 3.8) is 0 Å². The topological polar surface area (TPSA) is 56.7 Å². The van der Waals surface area contributed by atoms with Gasteiger partial charge in [0.1, 0.15) is 11.2 Å². The summed E-state index contributed by atoms with van der Waals surface area (Å²) in [6.45, 7) is 0. The number of rotatable bonds is 6. The Kier molecular flexibility index (Phi) is 8.15. The van der Waals surface area contributed by atoms with Crippen LogP contribution in [0.3, 0.4) is 0 Å². The molecule has 0 atom stereocenters. The highest BCUT2D eigenvalue weighted by atomic mass is 16.3. The largest absolute Gasteiger partial charge is 0.456 e. The molecule has 0 amide bonds. The maximum absolute atomic E-state index is 6.81. The number of fused-ring (bicyclic) bond motifs is 8. The van der Waals surface area contributed by atoms with E-state index in [1.54, 1.807) is 0 Å². The van der Waals surface area contributed by atoms with Crippen LogP contribution in [0, 0.1) is 0 Å². The Hall–Kier alpha value is -8.67. The van der Waals surface area contributed by atoms with Gasteiger partial charge in [-0.15, -0.1) is 0 Å². The summed E-state index contributed by atoms with van der Waals surface area (Å²) in [5.41, 5.74) is 12.3. The summed E-state index contributed by atoms with van der Waals surface area (Å²) in [4.78, 5) is 15.3. The van der Waals surface area contributed by atoms with E-state index in [0.717, 1.165) is 66.1 Å². The van der Waals surface area contributed by atoms with Gasteiger partial charge in [0.25, 0.3) is 0 Å². The van der Waals surface area contributed by atoms with Gasteiger partial charge in [-0.05, 0) is 92.3 Å². The lowest BCUT2D eigenvalue weighted by Crippen LogP contribution is -2.00. The Balaban J connectivity index is 0.964. The molecule has 0 spiro atoms. The average Bonchev–Trinajstić information content (AvgIpc) is 3.90. The van der Waals surface area contributed by atoms with Crippen molar-refractivity contribution in [3.05, 3.63) is 218 Å². The number of furan rings is 1. The molecule has 0 bridgehead atoms. The van der Waals surface area contributed by atoms with Crippen LogP contribution in [0.5, 0.6) is 0 Å². The first-order valence-electron chi connectivity index (χ1n) is 21.6. The highest BCUT2D eigenvalue weighted by Gasteiger charge is 2.19. The smallest absolute Gasteiger partial charge is 0.164 e. The van der Waals surface area contributed by atoms with Crippen molar-refractivity contribution in [1.29, 1.82) is 0 Å². The molecule has 10 aromatic carbocycles. The molecule has 3 heterocycles. The van der Waals surface area contributed by atoms with Crippen LogP contribution in [-0.4, -0.2) is 19.5 Å². The van der Waals surface area contributed by atoms with Gasteiger partial charge in [-0.1, -0.05) is 164 Å². The summed E-state index contributed by atoms with van der Waals surface area (Å²) in [5, 5.41) is 9.08. The molecular formula is C59H36N4O. The van der Waals surface area contributed by atoms with Gasteiger partial charge in [0.2, 0.25) is 0 Å². The first-order chi connectivity index (χ1) is 31.7. The second kappa shape index (κ2) is 14.5. The van der Waals surface area contributed by atoms with E-state index in [0.29, 0.717) is 17.5 Å². The summed E-state index contributed by atoms with van der Waals surface area (Å²) in [6.07, 6.45) is 0. The van der Waals surface area contributed by atoms with E-state index in [2.05, 4.69) is 223 Å². The van der Waals surface area contributed by atoms with Gasteiger partial charge in [0, 0.05) is 50.0 Å². The quantitative estimate of drug-likeness (QED) is 0.168. The molecule has 13 rings (SSSR count). The van der Waals surface area contributed by atoms with Crippen molar-refractivity contribution >= 4 is 65.3 Å². The Bertz CT molecular complexity index is 3770. The van der Waals surface area contributed by atoms with Crippen LogP contribution in [0.2, 0.25) is 0 Å². The van der Waals surface area contributed by atoms with Crippen LogP contribution in [0.1, 0.15) is 0 Å². The third kappa shape index (κ3) is 6.05. The van der Waals surface area contributed by atoms with Gasteiger partial charge >= 0.3 is 0 Å². The van der Waals surface area contributed by atoms with Crippen molar-refractivity contribution in [3.8, 4) is 62.1 Å². The fourth-order valence-electron chi connectivity index (χ4n) is 9.38. The van der Waals surface area contributed by atoms with E-state index in [4.69, 9.17) is 19.4 Å². The summed E-state index contributed by atoms with van der Waals surface area (Å²) in [7, 11) is 0. The molecular weight excluding hydrogens is 781 g/mol. The maximum Gasteiger partial charge on any atom is 0.164 e. The van der Waals surface area contributed by atoms with Crippen LogP contribution in [-0.2, 0) is 0 Å². The zero-order valence-corrected chi connectivity index (χ0v) is 34.5. The summed E-state index contributed by atoms with van der Waals surface area (Å²) in [6, 6.07) is 77.1. The molecule has 64 heavy (non-hydrogen) atoms. The van der Waals surface area contributed by atoms with E-state index in [1.165, 1.54) is 43.8 Å². The molecule has 0 aliphatic heterocycles. The minimum absolute atomic E-state index is 0.582. The molecule has 5 nitrogen and oxygen atoms in total. The van der Waals surface area contributed by atoms with Crippen LogP contribution < -0.4 is 0 Å². The van der Waals surface area contributed by atoms with Gasteiger partial charge in [0.05, 0.1) is 11.0 Å². The van der Waals surface area contributed by atoms with Gasteiger partial charge in [-0.3, -0.25) is 0 Å². The predicted octanol–water partition coefficient (Wildman–Crippen LogP) is 15.5. The van der Waals surface area contributed by atoms with Gasteiger partial charge in [-0.25, -0.2) is 15.0 Å². The third-order valence-electron chi connectivity index (χ3n) is 12.6. The SMILES string of the molecule is c1ccc(-c2ccc3c4ccc(-c5ccccc5)cc4n(-c4ccc5c(c4)oc4cc(-c6nc(-c7ccc8ccccc8c7)nc(-c7ccc8ccccc8c7)n6)ccc45)c3c2)cc1. The number of hydrogen-bond donors (Lipinski definition) is 0. The van der Waals surface area contributed by atoms with Crippen LogP contribution in [0.25, 0.3) is 127 Å². The lowest BCUT2D eigenvalue weighted by Gasteiger charge is -2.10. The van der Waals surface area contributed by atoms with E-state index in [-0.39, 0.29) is 0 Å². The standard InChI is InChI=1S/C59H36N4O/c1-3-11-37(12-4-1)43-23-27-49-50-28-24-44(38-13-5-2-6-14-38)34-54(50)63(53(49)33-43)48-26-30-52-51-29-25-47(35-55(51)64-56(52)36-48)59-61-57(45-21-19-39-15-7-9-17-41(39)31-45)60-58(62-59)46-22-20-40-16-8-10-18-42(40)32-46/h1-36H.